The molecule has 0 saturated carbocycles. The number of methoxy groups -OCH3 is 1. The molecule has 34 heavy (non-hydrogen) atoms. The first-order chi connectivity index (χ1) is 16.6. The Kier molecular flexibility index (Phi) is 7.03. The summed E-state index contributed by atoms with van der Waals surface area (Å²) >= 11 is 0. The maximum atomic E-state index is 12.4. The average Bonchev–Trinajstić information content (AvgIpc) is 3.14. The second-order valence-electron chi connectivity index (χ2n) is 7.76. The van der Waals surface area contributed by atoms with Crippen LogP contribution >= 0.6 is 0 Å². The molecule has 0 atom stereocenters. The lowest BCUT2D eigenvalue weighted by Gasteiger charge is -2.08. The molecule has 0 aliphatic carbocycles. The van der Waals surface area contributed by atoms with Crippen molar-refractivity contribution in [3.8, 4) is 5.75 Å². The molecule has 0 radical (unpaired) electrons. The van der Waals surface area contributed by atoms with Crippen LogP contribution in [0.1, 0.15) is 27.2 Å². The molecule has 2 amide bonds. The largest absolute Gasteiger partial charge is 0.496 e. The van der Waals surface area contributed by atoms with Gasteiger partial charge in [0, 0.05) is 28.7 Å². The Labute approximate surface area is 198 Å². The van der Waals surface area contributed by atoms with Crippen LogP contribution in [0.2, 0.25) is 0 Å². The lowest BCUT2D eigenvalue weighted by Crippen LogP contribution is -2.35. The summed E-state index contributed by atoms with van der Waals surface area (Å²) in [6.45, 7) is 2.57. The van der Waals surface area contributed by atoms with Gasteiger partial charge in [-0.1, -0.05) is 60.7 Å². The van der Waals surface area contributed by atoms with Crippen molar-refractivity contribution in [1.82, 2.24) is 15.3 Å². The topological polar surface area (TPSA) is 84.7 Å². The van der Waals surface area contributed by atoms with Crippen molar-refractivity contribution in [3.05, 3.63) is 101 Å². The first-order valence-electron chi connectivity index (χ1n) is 10.9. The average molecular weight is 455 g/mol. The van der Waals surface area contributed by atoms with Crippen LogP contribution in [0.3, 0.4) is 0 Å². The van der Waals surface area contributed by atoms with Crippen molar-refractivity contribution >= 4 is 28.9 Å². The molecule has 0 saturated heterocycles. The molecular weight excluding hydrogens is 428 g/mol. The lowest BCUT2D eigenvalue weighted by atomic mass is 10.1. The number of fused-ring (bicyclic) bond motifs is 1. The summed E-state index contributed by atoms with van der Waals surface area (Å²) in [6, 6.07) is 25.2. The number of rotatable bonds is 8. The normalized spacial score (nSPS) is 11.0. The highest BCUT2D eigenvalue weighted by atomic mass is 16.5. The standard InChI is InChI=1S/C27H26N4O3/c1-19-23(21-12-6-8-14-24(21)31(19)18-20-10-4-3-5-11-20)16-29-30-26(32)17-28-27(33)22-13-7-9-15-25(22)34-2/h3-16H,17-18H2,1-2H3,(H,28,33)(H,30,32)/b29-16+. The number of hydrazone groups is 1. The van der Waals surface area contributed by atoms with E-state index in [4.69, 9.17) is 4.74 Å². The minimum Gasteiger partial charge on any atom is -0.496 e. The maximum absolute atomic E-state index is 12.4. The molecule has 0 spiro atoms. The first-order valence-corrected chi connectivity index (χ1v) is 10.9. The van der Waals surface area contributed by atoms with Crippen LogP contribution in [-0.4, -0.2) is 36.3 Å². The van der Waals surface area contributed by atoms with Crippen LogP contribution in [0.5, 0.6) is 5.75 Å². The Morgan fingerprint density at radius 2 is 1.68 bits per heavy atom. The van der Waals surface area contributed by atoms with E-state index in [0.717, 1.165) is 28.7 Å². The van der Waals surface area contributed by atoms with Crippen molar-refractivity contribution in [2.45, 2.75) is 13.5 Å². The Morgan fingerprint density at radius 3 is 2.47 bits per heavy atom. The van der Waals surface area contributed by atoms with Gasteiger partial charge in [0.1, 0.15) is 5.75 Å². The van der Waals surface area contributed by atoms with E-state index in [-0.39, 0.29) is 6.54 Å². The number of hydrogen-bond acceptors (Lipinski definition) is 4. The first kappa shape index (κ1) is 22.8. The van der Waals surface area contributed by atoms with Crippen LogP contribution in [-0.2, 0) is 11.3 Å². The highest BCUT2D eigenvalue weighted by Gasteiger charge is 2.14. The van der Waals surface area contributed by atoms with Gasteiger partial charge in [0.05, 0.1) is 25.4 Å². The van der Waals surface area contributed by atoms with E-state index in [2.05, 4.69) is 38.6 Å². The molecule has 1 heterocycles. The summed E-state index contributed by atoms with van der Waals surface area (Å²) in [5.74, 6) is -0.373. The van der Waals surface area contributed by atoms with Crippen molar-refractivity contribution < 1.29 is 14.3 Å². The fourth-order valence-corrected chi connectivity index (χ4v) is 3.89. The van der Waals surface area contributed by atoms with Gasteiger partial charge in [0.25, 0.3) is 11.8 Å². The quantitative estimate of drug-likeness (QED) is 0.313. The summed E-state index contributed by atoms with van der Waals surface area (Å²) in [4.78, 5) is 24.6. The van der Waals surface area contributed by atoms with Gasteiger partial charge in [-0.3, -0.25) is 9.59 Å². The Bertz CT molecular complexity index is 1340. The number of para-hydroxylation sites is 2. The highest BCUT2D eigenvalue weighted by molar-refractivity contribution is 6.02. The molecule has 0 fully saturated rings. The van der Waals surface area contributed by atoms with E-state index in [9.17, 15) is 9.59 Å². The summed E-state index contributed by atoms with van der Waals surface area (Å²) < 4.78 is 7.42. The van der Waals surface area contributed by atoms with Crippen molar-refractivity contribution in [3.63, 3.8) is 0 Å². The van der Waals surface area contributed by atoms with Crippen LogP contribution in [0.15, 0.2) is 84.0 Å². The minimum atomic E-state index is -0.426. The third-order valence-electron chi connectivity index (χ3n) is 5.61. The van der Waals surface area contributed by atoms with E-state index in [1.807, 2.05) is 43.3 Å². The molecule has 0 aliphatic rings. The monoisotopic (exact) mass is 454 g/mol. The van der Waals surface area contributed by atoms with Crippen LogP contribution in [0, 0.1) is 6.92 Å². The van der Waals surface area contributed by atoms with Gasteiger partial charge in [-0.2, -0.15) is 5.10 Å². The SMILES string of the molecule is COc1ccccc1C(=O)NCC(=O)N/N=C/c1c(C)n(Cc2ccccc2)c2ccccc12. The second-order valence-corrected chi connectivity index (χ2v) is 7.76. The van der Waals surface area contributed by atoms with Gasteiger partial charge >= 0.3 is 0 Å². The smallest absolute Gasteiger partial charge is 0.259 e. The molecule has 172 valence electrons. The van der Waals surface area contributed by atoms with E-state index in [0.29, 0.717) is 11.3 Å². The summed E-state index contributed by atoms with van der Waals surface area (Å²) in [7, 11) is 1.49. The molecule has 3 aromatic carbocycles. The second kappa shape index (κ2) is 10.5. The predicted octanol–water partition coefficient (Wildman–Crippen LogP) is 3.89. The van der Waals surface area contributed by atoms with Crippen molar-refractivity contribution in [2.75, 3.05) is 13.7 Å². The molecule has 4 rings (SSSR count). The molecule has 7 nitrogen and oxygen atoms in total. The molecular formula is C27H26N4O3. The molecule has 0 unspecified atom stereocenters. The van der Waals surface area contributed by atoms with Crippen molar-refractivity contribution in [2.24, 2.45) is 5.10 Å². The zero-order valence-electron chi connectivity index (χ0n) is 19.1. The van der Waals surface area contributed by atoms with Gasteiger partial charge in [-0.05, 0) is 30.7 Å². The van der Waals surface area contributed by atoms with Crippen LogP contribution in [0.25, 0.3) is 10.9 Å². The third-order valence-corrected chi connectivity index (χ3v) is 5.61. The van der Waals surface area contributed by atoms with Crippen LogP contribution < -0.4 is 15.5 Å². The zero-order valence-corrected chi connectivity index (χ0v) is 19.1. The van der Waals surface area contributed by atoms with Gasteiger partial charge in [0.2, 0.25) is 0 Å². The van der Waals surface area contributed by atoms with E-state index < -0.39 is 11.8 Å². The maximum Gasteiger partial charge on any atom is 0.259 e. The number of nitrogens with one attached hydrogen (secondary N) is 2. The number of ether oxygens (including phenoxy) is 1. The number of nitrogens with zero attached hydrogens (tertiary/aromatic N) is 2. The Morgan fingerprint density at radius 1 is 0.971 bits per heavy atom. The summed E-state index contributed by atoms with van der Waals surface area (Å²) in [6.07, 6.45) is 1.65. The Balaban J connectivity index is 1.44. The molecule has 1 aromatic heterocycles. The number of aromatic nitrogens is 1. The zero-order chi connectivity index (χ0) is 23.9. The molecule has 4 aromatic rings. The fraction of sp³-hybridized carbons (Fsp3) is 0.148. The predicted molar refractivity (Wildman–Crippen MR) is 133 cm³/mol. The van der Waals surface area contributed by atoms with Gasteiger partial charge in [0.15, 0.2) is 0 Å². The van der Waals surface area contributed by atoms with Gasteiger partial charge in [-0.15, -0.1) is 0 Å². The van der Waals surface area contributed by atoms with Crippen molar-refractivity contribution in [1.29, 1.82) is 0 Å². The highest BCUT2D eigenvalue weighted by Crippen LogP contribution is 2.25. The van der Waals surface area contributed by atoms with E-state index in [1.54, 1.807) is 30.5 Å². The number of carbonyl (C=O) groups excluding carboxylic acids is 2. The number of carbonyl (C=O) groups is 2. The molecule has 0 aliphatic heterocycles. The number of benzene rings is 3. The number of hydrogen-bond donors (Lipinski definition) is 2. The summed E-state index contributed by atoms with van der Waals surface area (Å²) in [5.41, 5.74) is 7.14. The van der Waals surface area contributed by atoms with Crippen LogP contribution in [0.4, 0.5) is 0 Å². The lowest BCUT2D eigenvalue weighted by molar-refractivity contribution is -0.120. The van der Waals surface area contributed by atoms with Gasteiger partial charge in [-0.25, -0.2) is 5.43 Å². The molecule has 7 heteroatoms. The summed E-state index contributed by atoms with van der Waals surface area (Å²) in [5, 5.41) is 7.78. The molecule has 0 bridgehead atoms. The minimum absolute atomic E-state index is 0.205. The fourth-order valence-electron chi connectivity index (χ4n) is 3.89. The van der Waals surface area contributed by atoms with Gasteiger partial charge < -0.3 is 14.6 Å². The Hall–Kier alpha value is -4.39. The number of amides is 2. The third kappa shape index (κ3) is 4.99. The molecule has 2 N–H and O–H groups in total. The van der Waals surface area contributed by atoms with E-state index in [1.165, 1.54) is 12.7 Å². The van der Waals surface area contributed by atoms with E-state index >= 15 is 0 Å².